The number of thiophene rings is 1. The third-order valence-corrected chi connectivity index (χ3v) is 4.92. The largest absolute Gasteiger partial charge is 0.481 e. The maximum Gasteiger partial charge on any atom is 0.320 e. The minimum absolute atomic E-state index is 0.217. The summed E-state index contributed by atoms with van der Waals surface area (Å²) >= 11 is 1.59. The van der Waals surface area contributed by atoms with Gasteiger partial charge in [-0.1, -0.05) is 12.1 Å². The van der Waals surface area contributed by atoms with Gasteiger partial charge in [-0.05, 0) is 23.6 Å². The summed E-state index contributed by atoms with van der Waals surface area (Å²) in [6.07, 6.45) is 3.50. The Hall–Kier alpha value is -3.59. The third kappa shape index (κ3) is 4.30. The lowest BCUT2D eigenvalue weighted by atomic mass is 10.1. The standard InChI is InChI=1S/C20H18N6O2S/c1-27-17-10-15(24-20(25-17)28-2)14-12-23-19(22-11-13-6-3-4-8-21-13)26-18(14)16-7-5-9-29-16/h3-10,12H,11H2,1-2H3,(H,22,23,26). The molecular weight excluding hydrogens is 388 g/mol. The van der Waals surface area contributed by atoms with E-state index in [4.69, 9.17) is 14.5 Å². The van der Waals surface area contributed by atoms with E-state index in [0.717, 1.165) is 21.8 Å². The normalized spacial score (nSPS) is 10.6. The van der Waals surface area contributed by atoms with Crippen LogP contribution in [0.4, 0.5) is 5.95 Å². The smallest absolute Gasteiger partial charge is 0.320 e. The molecule has 0 saturated carbocycles. The summed E-state index contributed by atoms with van der Waals surface area (Å²) < 4.78 is 10.5. The van der Waals surface area contributed by atoms with E-state index in [1.165, 1.54) is 7.11 Å². The molecule has 4 heterocycles. The van der Waals surface area contributed by atoms with E-state index in [0.29, 0.717) is 24.1 Å². The lowest BCUT2D eigenvalue weighted by molar-refractivity contribution is 0.353. The molecule has 8 nitrogen and oxygen atoms in total. The molecule has 9 heteroatoms. The molecule has 0 bridgehead atoms. The van der Waals surface area contributed by atoms with Crippen LogP contribution in [-0.2, 0) is 6.54 Å². The zero-order valence-corrected chi connectivity index (χ0v) is 16.7. The third-order valence-electron chi connectivity index (χ3n) is 4.05. The van der Waals surface area contributed by atoms with Gasteiger partial charge in [-0.15, -0.1) is 11.3 Å². The Balaban J connectivity index is 1.73. The molecule has 1 N–H and O–H groups in total. The van der Waals surface area contributed by atoms with Crippen LogP contribution >= 0.6 is 11.3 Å². The highest BCUT2D eigenvalue weighted by Crippen LogP contribution is 2.34. The molecule has 0 unspecified atom stereocenters. The van der Waals surface area contributed by atoms with Crippen molar-refractivity contribution in [3.8, 4) is 33.7 Å². The number of rotatable bonds is 7. The van der Waals surface area contributed by atoms with E-state index in [1.54, 1.807) is 36.9 Å². The number of hydrogen-bond donors (Lipinski definition) is 1. The lowest BCUT2D eigenvalue weighted by Gasteiger charge is -2.11. The van der Waals surface area contributed by atoms with Crippen molar-refractivity contribution in [3.05, 3.63) is 59.9 Å². The Morgan fingerprint density at radius 2 is 1.93 bits per heavy atom. The highest BCUT2D eigenvalue weighted by molar-refractivity contribution is 7.13. The second-order valence-corrected chi connectivity index (χ2v) is 6.84. The van der Waals surface area contributed by atoms with Crippen molar-refractivity contribution in [3.63, 3.8) is 0 Å². The second kappa shape index (κ2) is 8.61. The molecule has 0 fully saturated rings. The molecule has 0 aromatic carbocycles. The molecule has 0 radical (unpaired) electrons. The predicted octanol–water partition coefficient (Wildman–Crippen LogP) is 3.69. The van der Waals surface area contributed by atoms with Crippen molar-refractivity contribution in [2.24, 2.45) is 0 Å². The van der Waals surface area contributed by atoms with Gasteiger partial charge in [-0.3, -0.25) is 4.98 Å². The lowest BCUT2D eigenvalue weighted by Crippen LogP contribution is -2.06. The number of aromatic nitrogens is 5. The first-order valence-corrected chi connectivity index (χ1v) is 9.67. The first-order valence-electron chi connectivity index (χ1n) is 8.79. The van der Waals surface area contributed by atoms with E-state index in [9.17, 15) is 0 Å². The van der Waals surface area contributed by atoms with Gasteiger partial charge in [0.1, 0.15) is 0 Å². The molecule has 0 aliphatic heterocycles. The van der Waals surface area contributed by atoms with Crippen molar-refractivity contribution >= 4 is 17.3 Å². The fourth-order valence-electron chi connectivity index (χ4n) is 2.67. The fourth-order valence-corrected chi connectivity index (χ4v) is 3.39. The summed E-state index contributed by atoms with van der Waals surface area (Å²) in [7, 11) is 3.06. The Kier molecular flexibility index (Phi) is 5.57. The molecule has 0 aliphatic carbocycles. The van der Waals surface area contributed by atoms with Gasteiger partial charge in [0.05, 0.1) is 42.7 Å². The minimum Gasteiger partial charge on any atom is -0.481 e. The van der Waals surface area contributed by atoms with Crippen LogP contribution in [-0.4, -0.2) is 39.1 Å². The zero-order chi connectivity index (χ0) is 20.1. The average molecular weight is 406 g/mol. The van der Waals surface area contributed by atoms with Gasteiger partial charge in [-0.2, -0.15) is 9.97 Å². The first kappa shape index (κ1) is 18.8. The van der Waals surface area contributed by atoms with Crippen LogP contribution in [0.1, 0.15) is 5.69 Å². The van der Waals surface area contributed by atoms with Gasteiger partial charge in [-0.25, -0.2) is 9.97 Å². The summed E-state index contributed by atoms with van der Waals surface area (Å²) in [5.41, 5.74) is 3.05. The Labute approximate surface area is 171 Å². The van der Waals surface area contributed by atoms with Gasteiger partial charge in [0.25, 0.3) is 0 Å². The SMILES string of the molecule is COc1cc(-c2cnc(NCc3ccccn3)nc2-c2cccs2)nc(OC)n1. The van der Waals surface area contributed by atoms with Crippen LogP contribution < -0.4 is 14.8 Å². The molecular formula is C20H18N6O2S. The number of pyridine rings is 1. The summed E-state index contributed by atoms with van der Waals surface area (Å²) in [4.78, 5) is 23.1. The van der Waals surface area contributed by atoms with Crippen LogP contribution in [0.3, 0.4) is 0 Å². The average Bonchev–Trinajstić information content (AvgIpc) is 3.32. The minimum atomic E-state index is 0.217. The van der Waals surface area contributed by atoms with Crippen LogP contribution in [0.5, 0.6) is 11.9 Å². The maximum absolute atomic E-state index is 5.27. The molecule has 0 saturated heterocycles. The van der Waals surface area contributed by atoms with Crippen molar-refractivity contribution in [1.29, 1.82) is 0 Å². The number of ether oxygens (including phenoxy) is 2. The monoisotopic (exact) mass is 406 g/mol. The van der Waals surface area contributed by atoms with Crippen LogP contribution in [0, 0.1) is 0 Å². The number of anilines is 1. The van der Waals surface area contributed by atoms with Crippen LogP contribution in [0.2, 0.25) is 0 Å². The molecule has 29 heavy (non-hydrogen) atoms. The van der Waals surface area contributed by atoms with Gasteiger partial charge in [0, 0.05) is 24.0 Å². The van der Waals surface area contributed by atoms with E-state index in [2.05, 4.69) is 25.3 Å². The summed E-state index contributed by atoms with van der Waals surface area (Å²) in [6.45, 7) is 0.527. The van der Waals surface area contributed by atoms with E-state index >= 15 is 0 Å². The fraction of sp³-hybridized carbons (Fsp3) is 0.150. The molecule has 0 spiro atoms. The summed E-state index contributed by atoms with van der Waals surface area (Å²) in [6, 6.07) is 11.7. The van der Waals surface area contributed by atoms with Crippen molar-refractivity contribution in [1.82, 2.24) is 24.9 Å². The summed E-state index contributed by atoms with van der Waals surface area (Å²) in [5.74, 6) is 0.914. The van der Waals surface area contributed by atoms with Gasteiger partial charge >= 0.3 is 6.01 Å². The Bertz CT molecular complexity index is 1070. The molecule has 0 aliphatic rings. The van der Waals surface area contributed by atoms with Crippen LogP contribution in [0.25, 0.3) is 21.8 Å². The predicted molar refractivity (Wildman–Crippen MR) is 111 cm³/mol. The molecule has 146 valence electrons. The molecule has 4 rings (SSSR count). The van der Waals surface area contributed by atoms with Gasteiger partial charge < -0.3 is 14.8 Å². The number of nitrogens with one attached hydrogen (secondary N) is 1. The van der Waals surface area contributed by atoms with E-state index in [1.807, 2.05) is 35.7 Å². The zero-order valence-electron chi connectivity index (χ0n) is 15.9. The summed E-state index contributed by atoms with van der Waals surface area (Å²) in [5, 5.41) is 5.23. The second-order valence-electron chi connectivity index (χ2n) is 5.89. The number of methoxy groups -OCH3 is 2. The Morgan fingerprint density at radius 1 is 1.00 bits per heavy atom. The van der Waals surface area contributed by atoms with Crippen LogP contribution in [0.15, 0.2) is 54.2 Å². The van der Waals surface area contributed by atoms with Gasteiger partial charge in [0.15, 0.2) is 0 Å². The first-order chi connectivity index (χ1) is 14.3. The van der Waals surface area contributed by atoms with E-state index < -0.39 is 0 Å². The molecule has 4 aromatic rings. The van der Waals surface area contributed by atoms with Gasteiger partial charge in [0.2, 0.25) is 11.8 Å². The molecule has 4 aromatic heterocycles. The molecule has 0 amide bonds. The highest BCUT2D eigenvalue weighted by atomic mass is 32.1. The van der Waals surface area contributed by atoms with Crippen molar-refractivity contribution < 1.29 is 9.47 Å². The topological polar surface area (TPSA) is 94.9 Å². The van der Waals surface area contributed by atoms with Crippen molar-refractivity contribution in [2.75, 3.05) is 19.5 Å². The van der Waals surface area contributed by atoms with E-state index in [-0.39, 0.29) is 6.01 Å². The highest BCUT2D eigenvalue weighted by Gasteiger charge is 2.16. The number of nitrogens with zero attached hydrogens (tertiary/aromatic N) is 5. The molecule has 0 atom stereocenters. The maximum atomic E-state index is 5.27. The number of hydrogen-bond acceptors (Lipinski definition) is 9. The van der Waals surface area contributed by atoms with Crippen molar-refractivity contribution in [2.45, 2.75) is 6.54 Å². The Morgan fingerprint density at radius 3 is 2.66 bits per heavy atom. The quantitative estimate of drug-likeness (QED) is 0.497.